The molecular weight excluding hydrogens is 286 g/mol. The maximum Gasteiger partial charge on any atom is 0.233 e. The maximum atomic E-state index is 12.5. The van der Waals surface area contributed by atoms with Crippen LogP contribution in [0.3, 0.4) is 0 Å². The van der Waals surface area contributed by atoms with Crippen molar-refractivity contribution in [1.82, 2.24) is 25.1 Å². The molecule has 0 aliphatic heterocycles. The van der Waals surface area contributed by atoms with E-state index in [4.69, 9.17) is 0 Å². The van der Waals surface area contributed by atoms with Crippen molar-refractivity contribution in [1.29, 1.82) is 0 Å². The molecule has 3 rings (SSSR count). The van der Waals surface area contributed by atoms with Gasteiger partial charge in [0.25, 0.3) is 0 Å². The number of nitrogens with zero attached hydrogens (tertiary/aromatic N) is 5. The van der Waals surface area contributed by atoms with Crippen molar-refractivity contribution in [2.75, 3.05) is 12.3 Å². The summed E-state index contributed by atoms with van der Waals surface area (Å²) in [6, 6.07) is 0.898. The topological polar surface area (TPSA) is 63.9 Å². The lowest BCUT2D eigenvalue weighted by atomic mass is 9.94. The SMILES string of the molecule is CCN(C(=O)CSc1nnnn1C1CC1)C1CCCCC1. The number of thioether (sulfide) groups is 1. The Morgan fingerprint density at radius 3 is 2.71 bits per heavy atom. The van der Waals surface area contributed by atoms with Gasteiger partial charge in [0.05, 0.1) is 11.8 Å². The second kappa shape index (κ2) is 6.77. The zero-order valence-electron chi connectivity index (χ0n) is 12.6. The summed E-state index contributed by atoms with van der Waals surface area (Å²) in [5, 5.41) is 12.6. The molecule has 0 atom stereocenters. The number of carbonyl (C=O) groups excluding carboxylic acids is 1. The number of aromatic nitrogens is 4. The molecule has 1 aromatic rings. The molecule has 6 nitrogen and oxygen atoms in total. The fraction of sp³-hybridized carbons (Fsp3) is 0.857. The molecule has 1 amide bonds. The number of carbonyl (C=O) groups is 1. The number of tetrazole rings is 1. The average molecular weight is 309 g/mol. The zero-order valence-corrected chi connectivity index (χ0v) is 13.4. The molecule has 7 heteroatoms. The third-order valence-corrected chi connectivity index (χ3v) is 5.27. The van der Waals surface area contributed by atoms with E-state index in [-0.39, 0.29) is 5.91 Å². The van der Waals surface area contributed by atoms with Crippen molar-refractivity contribution >= 4 is 17.7 Å². The minimum atomic E-state index is 0.222. The molecular formula is C14H23N5OS. The Labute approximate surface area is 129 Å². The molecule has 116 valence electrons. The van der Waals surface area contributed by atoms with Crippen LogP contribution >= 0.6 is 11.8 Å². The van der Waals surface area contributed by atoms with Crippen LogP contribution in [0, 0.1) is 0 Å². The molecule has 0 N–H and O–H groups in total. The largest absolute Gasteiger partial charge is 0.339 e. The molecule has 2 aliphatic carbocycles. The second-order valence-corrected chi connectivity index (χ2v) is 6.84. The molecule has 0 unspecified atom stereocenters. The van der Waals surface area contributed by atoms with Crippen LogP contribution in [0.25, 0.3) is 0 Å². The first-order valence-electron chi connectivity index (χ1n) is 7.99. The lowest BCUT2D eigenvalue weighted by Crippen LogP contribution is -2.42. The fourth-order valence-electron chi connectivity index (χ4n) is 3.07. The maximum absolute atomic E-state index is 12.5. The summed E-state index contributed by atoms with van der Waals surface area (Å²) in [6.45, 7) is 2.88. The Bertz CT molecular complexity index is 481. The van der Waals surface area contributed by atoms with E-state index in [0.717, 1.165) is 37.4 Å². The van der Waals surface area contributed by atoms with Crippen LogP contribution in [0.4, 0.5) is 0 Å². The quantitative estimate of drug-likeness (QED) is 0.754. The first-order chi connectivity index (χ1) is 10.3. The van der Waals surface area contributed by atoms with Gasteiger partial charge in [0.15, 0.2) is 0 Å². The van der Waals surface area contributed by atoms with Crippen molar-refractivity contribution in [2.45, 2.75) is 69.1 Å². The summed E-state index contributed by atoms with van der Waals surface area (Å²) in [5.74, 6) is 0.664. The van der Waals surface area contributed by atoms with Gasteiger partial charge >= 0.3 is 0 Å². The predicted octanol–water partition coefficient (Wildman–Crippen LogP) is 2.28. The van der Waals surface area contributed by atoms with Gasteiger partial charge in [0.2, 0.25) is 11.1 Å². The fourth-order valence-corrected chi connectivity index (χ4v) is 3.90. The standard InChI is InChI=1S/C14H23N5OS/c1-2-18(11-6-4-3-5-7-11)13(20)10-21-14-15-16-17-19(14)12-8-9-12/h11-12H,2-10H2,1H3. The van der Waals surface area contributed by atoms with Crippen LogP contribution in [0.2, 0.25) is 0 Å². The monoisotopic (exact) mass is 309 g/mol. The highest BCUT2D eigenvalue weighted by Gasteiger charge is 2.29. The van der Waals surface area contributed by atoms with Crippen LogP contribution in [0.1, 0.15) is 57.9 Å². The van der Waals surface area contributed by atoms with Crippen molar-refractivity contribution in [3.05, 3.63) is 0 Å². The van der Waals surface area contributed by atoms with Crippen LogP contribution in [0.5, 0.6) is 0 Å². The summed E-state index contributed by atoms with van der Waals surface area (Å²) in [6.07, 6.45) is 8.43. The first-order valence-corrected chi connectivity index (χ1v) is 8.98. The van der Waals surface area contributed by atoms with Crippen molar-refractivity contribution in [2.24, 2.45) is 0 Å². The summed E-state index contributed by atoms with van der Waals surface area (Å²) in [7, 11) is 0. The third kappa shape index (κ3) is 3.56. The zero-order chi connectivity index (χ0) is 14.7. The summed E-state index contributed by atoms with van der Waals surface area (Å²) in [5.41, 5.74) is 0. The average Bonchev–Trinajstić information content (AvgIpc) is 3.25. The Balaban J connectivity index is 1.55. The van der Waals surface area contributed by atoms with Crippen LogP contribution in [0.15, 0.2) is 5.16 Å². The lowest BCUT2D eigenvalue weighted by molar-refractivity contribution is -0.131. The number of amides is 1. The van der Waals surface area contributed by atoms with E-state index >= 15 is 0 Å². The molecule has 1 aromatic heterocycles. The van der Waals surface area contributed by atoms with Gasteiger partial charge in [-0.2, -0.15) is 0 Å². The van der Waals surface area contributed by atoms with E-state index in [0.29, 0.717) is 17.8 Å². The minimum Gasteiger partial charge on any atom is -0.339 e. The smallest absolute Gasteiger partial charge is 0.233 e. The molecule has 0 bridgehead atoms. The number of hydrogen-bond acceptors (Lipinski definition) is 5. The highest BCUT2D eigenvalue weighted by Crippen LogP contribution is 2.36. The summed E-state index contributed by atoms with van der Waals surface area (Å²) >= 11 is 1.47. The van der Waals surface area contributed by atoms with E-state index < -0.39 is 0 Å². The van der Waals surface area contributed by atoms with E-state index in [1.165, 1.54) is 31.0 Å². The molecule has 0 saturated heterocycles. The van der Waals surface area contributed by atoms with Crippen LogP contribution in [-0.2, 0) is 4.79 Å². The minimum absolute atomic E-state index is 0.222. The van der Waals surface area contributed by atoms with Crippen molar-refractivity contribution in [3.8, 4) is 0 Å². The van der Waals surface area contributed by atoms with Gasteiger partial charge in [0.1, 0.15) is 0 Å². The van der Waals surface area contributed by atoms with Crippen molar-refractivity contribution in [3.63, 3.8) is 0 Å². The van der Waals surface area contributed by atoms with E-state index in [9.17, 15) is 4.79 Å². The van der Waals surface area contributed by atoms with Gasteiger partial charge in [-0.05, 0) is 43.0 Å². The molecule has 2 saturated carbocycles. The molecule has 2 fully saturated rings. The second-order valence-electron chi connectivity index (χ2n) is 5.90. The molecule has 21 heavy (non-hydrogen) atoms. The van der Waals surface area contributed by atoms with Gasteiger partial charge < -0.3 is 4.90 Å². The Morgan fingerprint density at radius 2 is 2.05 bits per heavy atom. The summed E-state index contributed by atoms with van der Waals surface area (Å²) < 4.78 is 1.87. The van der Waals surface area contributed by atoms with Gasteiger partial charge in [-0.3, -0.25) is 4.79 Å². The Hall–Kier alpha value is -1.11. The Kier molecular flexibility index (Phi) is 4.77. The van der Waals surface area contributed by atoms with Crippen molar-refractivity contribution < 1.29 is 4.79 Å². The van der Waals surface area contributed by atoms with Gasteiger partial charge in [0, 0.05) is 12.6 Å². The van der Waals surface area contributed by atoms with E-state index in [1.54, 1.807) is 0 Å². The third-order valence-electron chi connectivity index (χ3n) is 4.36. The first kappa shape index (κ1) is 14.8. The molecule has 0 aromatic carbocycles. The molecule has 0 radical (unpaired) electrons. The predicted molar refractivity (Wildman–Crippen MR) is 81.1 cm³/mol. The molecule has 1 heterocycles. The van der Waals surface area contributed by atoms with Crippen LogP contribution < -0.4 is 0 Å². The van der Waals surface area contributed by atoms with E-state index in [2.05, 4.69) is 27.3 Å². The normalized spacial score (nSPS) is 19.7. The highest BCUT2D eigenvalue weighted by molar-refractivity contribution is 7.99. The Morgan fingerprint density at radius 1 is 1.29 bits per heavy atom. The molecule has 2 aliphatic rings. The van der Waals surface area contributed by atoms with Crippen LogP contribution in [-0.4, -0.2) is 49.4 Å². The molecule has 0 spiro atoms. The number of hydrogen-bond donors (Lipinski definition) is 0. The number of rotatable bonds is 6. The van der Waals surface area contributed by atoms with Gasteiger partial charge in [-0.25, -0.2) is 4.68 Å². The lowest BCUT2D eigenvalue weighted by Gasteiger charge is -2.33. The van der Waals surface area contributed by atoms with E-state index in [1.807, 2.05) is 4.68 Å². The van der Waals surface area contributed by atoms with Gasteiger partial charge in [-0.15, -0.1) is 5.10 Å². The van der Waals surface area contributed by atoms with Gasteiger partial charge in [-0.1, -0.05) is 31.0 Å². The summed E-state index contributed by atoms with van der Waals surface area (Å²) in [4.78, 5) is 14.5. The highest BCUT2D eigenvalue weighted by atomic mass is 32.2.